The molecule has 4 heteroatoms. The molecular weight excluding hydrogens is 285 g/mol. The first kappa shape index (κ1) is 13.9. The molecule has 2 N–H and O–H groups in total. The molecule has 3 nitrogen and oxygen atoms in total. The predicted molar refractivity (Wildman–Crippen MR) is 94.5 cm³/mol. The minimum Gasteiger partial charge on any atom is -0.423 e. The van der Waals surface area contributed by atoms with Gasteiger partial charge in [0.15, 0.2) is 0 Å². The van der Waals surface area contributed by atoms with Crippen LogP contribution in [0.25, 0.3) is 32.9 Å². The van der Waals surface area contributed by atoms with E-state index in [0.717, 1.165) is 32.9 Å². The number of hydrogen-bond donors (Lipinski definition) is 2. The molecule has 0 bridgehead atoms. The highest BCUT2D eigenvalue weighted by Crippen LogP contribution is 2.29. The summed E-state index contributed by atoms with van der Waals surface area (Å²) < 4.78 is 0. The van der Waals surface area contributed by atoms with Gasteiger partial charge in [-0.2, -0.15) is 0 Å². The predicted octanol–water partition coefficient (Wildman–Crippen LogP) is 2.73. The highest BCUT2D eigenvalue weighted by Gasteiger charge is 2.11. The minimum absolute atomic E-state index is 0.484. The van der Waals surface area contributed by atoms with E-state index in [1.165, 1.54) is 0 Å². The molecule has 0 amide bonds. The van der Waals surface area contributed by atoms with Gasteiger partial charge in [0.1, 0.15) is 0 Å². The summed E-state index contributed by atoms with van der Waals surface area (Å²) in [5, 5.41) is 20.6. The van der Waals surface area contributed by atoms with Crippen molar-refractivity contribution in [3.05, 3.63) is 72.8 Å². The fraction of sp³-hybridized carbons (Fsp3) is 0. The van der Waals surface area contributed by atoms with Crippen LogP contribution in [0.1, 0.15) is 0 Å². The molecule has 0 spiro atoms. The van der Waals surface area contributed by atoms with E-state index in [1.807, 2.05) is 42.5 Å². The highest BCUT2D eigenvalue weighted by molar-refractivity contribution is 6.58. The van der Waals surface area contributed by atoms with E-state index in [-0.39, 0.29) is 0 Å². The van der Waals surface area contributed by atoms with Crippen LogP contribution in [0, 0.1) is 0 Å². The smallest absolute Gasteiger partial charge is 0.423 e. The van der Waals surface area contributed by atoms with E-state index in [9.17, 15) is 10.0 Å². The van der Waals surface area contributed by atoms with Gasteiger partial charge in [0.05, 0.1) is 11.0 Å². The van der Waals surface area contributed by atoms with Crippen molar-refractivity contribution in [3.8, 4) is 11.1 Å². The second kappa shape index (κ2) is 5.50. The molecule has 4 aromatic rings. The van der Waals surface area contributed by atoms with Gasteiger partial charge in [0, 0.05) is 10.8 Å². The Labute approximate surface area is 134 Å². The molecule has 1 aromatic heterocycles. The number of nitrogens with zero attached hydrogens (tertiary/aromatic N) is 1. The number of aromatic nitrogens is 1. The van der Waals surface area contributed by atoms with Crippen LogP contribution < -0.4 is 5.46 Å². The van der Waals surface area contributed by atoms with Crippen LogP contribution in [0.2, 0.25) is 0 Å². The van der Waals surface area contributed by atoms with Crippen LogP contribution in [0.4, 0.5) is 0 Å². The van der Waals surface area contributed by atoms with Crippen molar-refractivity contribution in [1.29, 1.82) is 0 Å². The molecule has 110 valence electrons. The Morgan fingerprint density at radius 3 is 2.26 bits per heavy atom. The van der Waals surface area contributed by atoms with Crippen molar-refractivity contribution in [2.24, 2.45) is 0 Å². The molecule has 0 aliphatic rings. The van der Waals surface area contributed by atoms with Gasteiger partial charge >= 0.3 is 7.12 Å². The quantitative estimate of drug-likeness (QED) is 0.442. The molecule has 0 radical (unpaired) electrons. The van der Waals surface area contributed by atoms with Gasteiger partial charge in [-0.05, 0) is 34.8 Å². The summed E-state index contributed by atoms with van der Waals surface area (Å²) in [6.07, 6.45) is 0. The summed E-state index contributed by atoms with van der Waals surface area (Å²) in [4.78, 5) is 4.73. The van der Waals surface area contributed by atoms with E-state index in [2.05, 4.69) is 18.2 Å². The number of para-hydroxylation sites is 1. The number of pyridine rings is 1. The number of rotatable bonds is 2. The fourth-order valence-electron chi connectivity index (χ4n) is 2.89. The molecule has 0 unspecified atom stereocenters. The van der Waals surface area contributed by atoms with Gasteiger partial charge in [-0.15, -0.1) is 0 Å². The Morgan fingerprint density at radius 2 is 1.48 bits per heavy atom. The molecule has 0 saturated heterocycles. The number of fused-ring (bicyclic) bond motifs is 2. The van der Waals surface area contributed by atoms with Crippen LogP contribution in [-0.2, 0) is 0 Å². The first-order valence-electron chi connectivity index (χ1n) is 7.47. The lowest BCUT2D eigenvalue weighted by Crippen LogP contribution is -2.29. The summed E-state index contributed by atoms with van der Waals surface area (Å²) in [7, 11) is -1.44. The molecule has 23 heavy (non-hydrogen) atoms. The number of hydrogen-bond acceptors (Lipinski definition) is 3. The van der Waals surface area contributed by atoms with Gasteiger partial charge in [0.2, 0.25) is 0 Å². The highest BCUT2D eigenvalue weighted by atomic mass is 16.4. The second-order valence-electron chi connectivity index (χ2n) is 5.55. The molecule has 0 aliphatic carbocycles. The molecule has 3 aromatic carbocycles. The van der Waals surface area contributed by atoms with E-state index in [4.69, 9.17) is 4.98 Å². The van der Waals surface area contributed by atoms with Crippen LogP contribution in [-0.4, -0.2) is 22.2 Å². The summed E-state index contributed by atoms with van der Waals surface area (Å²) in [5.41, 5.74) is 4.53. The van der Waals surface area contributed by atoms with Gasteiger partial charge in [-0.25, -0.2) is 4.98 Å². The number of benzene rings is 3. The molecule has 0 atom stereocenters. The first-order chi connectivity index (χ1) is 11.2. The molecule has 1 heterocycles. The van der Waals surface area contributed by atoms with E-state index < -0.39 is 7.12 Å². The first-order valence-corrected chi connectivity index (χ1v) is 7.47. The van der Waals surface area contributed by atoms with Crippen LogP contribution in [0.15, 0.2) is 72.8 Å². The molecule has 4 rings (SSSR count). The third-order valence-corrected chi connectivity index (χ3v) is 4.08. The van der Waals surface area contributed by atoms with Crippen LogP contribution >= 0.6 is 0 Å². The third kappa shape index (κ3) is 2.48. The van der Waals surface area contributed by atoms with Crippen molar-refractivity contribution in [1.82, 2.24) is 4.98 Å². The Hall–Kier alpha value is -2.69. The van der Waals surface area contributed by atoms with Crippen LogP contribution in [0.5, 0.6) is 0 Å². The maximum Gasteiger partial charge on any atom is 0.488 e. The van der Waals surface area contributed by atoms with Crippen molar-refractivity contribution in [2.75, 3.05) is 0 Å². The SMILES string of the molecule is OB(O)c1ccc(-c2cccc3nc4ccccc4cc23)cc1. The fourth-order valence-corrected chi connectivity index (χ4v) is 2.89. The summed E-state index contributed by atoms with van der Waals surface area (Å²) in [6.45, 7) is 0. The normalized spacial score (nSPS) is 11.0. The van der Waals surface area contributed by atoms with Gasteiger partial charge in [0.25, 0.3) is 0 Å². The largest absolute Gasteiger partial charge is 0.488 e. The standard InChI is InChI=1S/C19H14BNO2/c22-20(23)15-10-8-13(9-11-15)16-5-3-7-19-17(16)12-14-4-1-2-6-18(14)21-19/h1-12,22-23H. The van der Waals surface area contributed by atoms with Crippen molar-refractivity contribution in [2.45, 2.75) is 0 Å². The lowest BCUT2D eigenvalue weighted by molar-refractivity contribution is 0.426. The third-order valence-electron chi connectivity index (χ3n) is 4.08. The zero-order valence-electron chi connectivity index (χ0n) is 12.3. The average molecular weight is 299 g/mol. The molecule has 0 saturated carbocycles. The molecule has 0 aliphatic heterocycles. The van der Waals surface area contributed by atoms with E-state index in [1.54, 1.807) is 12.1 Å². The zero-order chi connectivity index (χ0) is 15.8. The van der Waals surface area contributed by atoms with Crippen molar-refractivity contribution < 1.29 is 10.0 Å². The van der Waals surface area contributed by atoms with Gasteiger partial charge in [-0.3, -0.25) is 0 Å². The van der Waals surface area contributed by atoms with E-state index >= 15 is 0 Å². The Balaban J connectivity index is 1.93. The Morgan fingerprint density at radius 1 is 0.739 bits per heavy atom. The molecule has 0 fully saturated rings. The monoisotopic (exact) mass is 299 g/mol. The van der Waals surface area contributed by atoms with E-state index in [0.29, 0.717) is 5.46 Å². The lowest BCUT2D eigenvalue weighted by atomic mass is 9.79. The van der Waals surface area contributed by atoms with Gasteiger partial charge < -0.3 is 10.0 Å². The maximum absolute atomic E-state index is 9.22. The summed E-state index contributed by atoms with van der Waals surface area (Å²) >= 11 is 0. The maximum atomic E-state index is 9.22. The molecular formula is C19H14BNO2. The second-order valence-corrected chi connectivity index (χ2v) is 5.55. The van der Waals surface area contributed by atoms with Crippen molar-refractivity contribution >= 4 is 34.4 Å². The van der Waals surface area contributed by atoms with Crippen LogP contribution in [0.3, 0.4) is 0 Å². The zero-order valence-corrected chi connectivity index (χ0v) is 12.3. The summed E-state index contributed by atoms with van der Waals surface area (Å²) in [5.74, 6) is 0. The minimum atomic E-state index is -1.44. The van der Waals surface area contributed by atoms with Crippen molar-refractivity contribution in [3.63, 3.8) is 0 Å². The lowest BCUT2D eigenvalue weighted by Gasteiger charge is -2.09. The average Bonchev–Trinajstić information content (AvgIpc) is 2.59. The Bertz CT molecular complexity index is 997. The van der Waals surface area contributed by atoms with Gasteiger partial charge in [-0.1, -0.05) is 54.6 Å². The topological polar surface area (TPSA) is 53.4 Å². The Kier molecular flexibility index (Phi) is 3.34. The summed E-state index contributed by atoms with van der Waals surface area (Å²) in [6, 6.07) is 23.6.